The van der Waals surface area contributed by atoms with Crippen LogP contribution < -0.4 is 5.73 Å². The van der Waals surface area contributed by atoms with Crippen molar-refractivity contribution in [3.05, 3.63) is 0 Å². The lowest BCUT2D eigenvalue weighted by atomic mass is 9.95. The molecule has 0 saturated carbocycles. The summed E-state index contributed by atoms with van der Waals surface area (Å²) in [6, 6.07) is 0.128. The Labute approximate surface area is 105 Å². The number of hydrogen-bond acceptors (Lipinski definition) is 3. The molecule has 0 radical (unpaired) electrons. The zero-order valence-corrected chi connectivity index (χ0v) is 11.0. The predicted octanol–water partition coefficient (Wildman–Crippen LogP) is 1.12. The number of likely N-dealkylation sites (tertiary alicyclic amines) is 2. The Hall–Kier alpha value is -0.610. The van der Waals surface area contributed by atoms with Gasteiger partial charge in [-0.2, -0.15) is 0 Å². The first-order chi connectivity index (χ1) is 8.16. The van der Waals surface area contributed by atoms with Crippen molar-refractivity contribution >= 4 is 5.84 Å². The Morgan fingerprint density at radius 2 is 1.82 bits per heavy atom. The molecule has 0 aromatic carbocycles. The van der Waals surface area contributed by atoms with Gasteiger partial charge in [0.2, 0.25) is 0 Å². The van der Waals surface area contributed by atoms with Gasteiger partial charge in [-0.05, 0) is 64.7 Å². The molecule has 2 fully saturated rings. The normalized spacial score (nSPS) is 26.2. The lowest BCUT2D eigenvalue weighted by molar-refractivity contribution is 0.143. The summed E-state index contributed by atoms with van der Waals surface area (Å²) in [5, 5.41) is 7.50. The molecule has 0 spiro atoms. The lowest BCUT2D eigenvalue weighted by Gasteiger charge is -2.36. The van der Waals surface area contributed by atoms with Gasteiger partial charge in [-0.3, -0.25) is 10.3 Å². The molecule has 98 valence electrons. The molecule has 0 aromatic rings. The second-order valence-corrected chi connectivity index (χ2v) is 5.62. The Morgan fingerprint density at radius 1 is 1.24 bits per heavy atom. The van der Waals surface area contributed by atoms with Gasteiger partial charge in [0, 0.05) is 6.54 Å². The number of amidine groups is 1. The van der Waals surface area contributed by atoms with E-state index in [1.807, 2.05) is 6.92 Å². The molecule has 1 unspecified atom stereocenters. The molecule has 2 aliphatic heterocycles. The van der Waals surface area contributed by atoms with E-state index in [1.54, 1.807) is 0 Å². The molecule has 1 atom stereocenters. The van der Waals surface area contributed by atoms with E-state index < -0.39 is 0 Å². The van der Waals surface area contributed by atoms with Gasteiger partial charge < -0.3 is 10.6 Å². The quantitative estimate of drug-likeness (QED) is 0.570. The maximum absolute atomic E-state index is 7.50. The van der Waals surface area contributed by atoms with Crippen LogP contribution in [-0.2, 0) is 0 Å². The summed E-state index contributed by atoms with van der Waals surface area (Å²) < 4.78 is 0. The van der Waals surface area contributed by atoms with Crippen LogP contribution >= 0.6 is 0 Å². The SMILES string of the molecule is CC(C(=N)N)N1CCC(CN2CCCC2)CC1. The van der Waals surface area contributed by atoms with Gasteiger partial charge in [0.15, 0.2) is 0 Å². The summed E-state index contributed by atoms with van der Waals surface area (Å²) in [5.74, 6) is 1.17. The third-order valence-corrected chi connectivity index (χ3v) is 4.36. The van der Waals surface area contributed by atoms with Crippen LogP contribution in [0.1, 0.15) is 32.6 Å². The van der Waals surface area contributed by atoms with Crippen molar-refractivity contribution in [2.24, 2.45) is 11.7 Å². The van der Waals surface area contributed by atoms with E-state index in [2.05, 4.69) is 9.80 Å². The molecular formula is C13H26N4. The standard InChI is InChI=1S/C13H26N4/c1-11(13(14)15)17-8-4-12(5-9-17)10-16-6-2-3-7-16/h11-12H,2-10H2,1H3,(H3,14,15). The predicted molar refractivity (Wildman–Crippen MR) is 71.3 cm³/mol. The second kappa shape index (κ2) is 5.83. The molecule has 2 rings (SSSR count). The zero-order valence-electron chi connectivity index (χ0n) is 11.0. The van der Waals surface area contributed by atoms with Crippen LogP contribution in [0.2, 0.25) is 0 Å². The van der Waals surface area contributed by atoms with Gasteiger partial charge >= 0.3 is 0 Å². The van der Waals surface area contributed by atoms with Crippen molar-refractivity contribution in [2.75, 3.05) is 32.7 Å². The zero-order chi connectivity index (χ0) is 12.3. The fourth-order valence-electron chi connectivity index (χ4n) is 3.05. The topological polar surface area (TPSA) is 56.4 Å². The van der Waals surface area contributed by atoms with Crippen LogP contribution in [0.4, 0.5) is 0 Å². The highest BCUT2D eigenvalue weighted by Gasteiger charge is 2.25. The average molecular weight is 238 g/mol. The molecule has 0 bridgehead atoms. The maximum Gasteiger partial charge on any atom is 0.108 e. The molecule has 4 nitrogen and oxygen atoms in total. The van der Waals surface area contributed by atoms with Crippen molar-refractivity contribution in [3.63, 3.8) is 0 Å². The smallest absolute Gasteiger partial charge is 0.108 e. The third kappa shape index (κ3) is 3.42. The van der Waals surface area contributed by atoms with Crippen LogP contribution in [0.25, 0.3) is 0 Å². The van der Waals surface area contributed by atoms with Gasteiger partial charge in [0.1, 0.15) is 5.84 Å². The first-order valence-corrected chi connectivity index (χ1v) is 6.97. The largest absolute Gasteiger partial charge is 0.386 e. The Morgan fingerprint density at radius 3 is 2.35 bits per heavy atom. The summed E-state index contributed by atoms with van der Waals surface area (Å²) in [6.07, 6.45) is 5.32. The van der Waals surface area contributed by atoms with E-state index in [4.69, 9.17) is 11.1 Å². The number of piperidine rings is 1. The molecule has 2 aliphatic rings. The van der Waals surface area contributed by atoms with Gasteiger partial charge in [-0.15, -0.1) is 0 Å². The number of nitrogens with two attached hydrogens (primary N) is 1. The van der Waals surface area contributed by atoms with Crippen LogP contribution in [0, 0.1) is 11.3 Å². The Bertz CT molecular complexity index is 252. The highest BCUT2D eigenvalue weighted by atomic mass is 15.2. The van der Waals surface area contributed by atoms with Crippen molar-refractivity contribution in [2.45, 2.75) is 38.6 Å². The number of hydrogen-bond donors (Lipinski definition) is 2. The molecule has 0 amide bonds. The van der Waals surface area contributed by atoms with Gasteiger partial charge in [0.25, 0.3) is 0 Å². The lowest BCUT2D eigenvalue weighted by Crippen LogP contribution is -2.47. The number of nitrogens with one attached hydrogen (secondary N) is 1. The molecule has 3 N–H and O–H groups in total. The highest BCUT2D eigenvalue weighted by Crippen LogP contribution is 2.21. The van der Waals surface area contributed by atoms with Crippen LogP contribution in [-0.4, -0.2) is 54.4 Å². The van der Waals surface area contributed by atoms with Crippen molar-refractivity contribution in [1.29, 1.82) is 5.41 Å². The molecule has 0 aliphatic carbocycles. The minimum atomic E-state index is 0.128. The third-order valence-electron chi connectivity index (χ3n) is 4.36. The van der Waals surface area contributed by atoms with E-state index >= 15 is 0 Å². The summed E-state index contributed by atoms with van der Waals surface area (Å²) in [6.45, 7) is 8.18. The summed E-state index contributed by atoms with van der Waals surface area (Å²) in [4.78, 5) is 4.97. The van der Waals surface area contributed by atoms with E-state index in [9.17, 15) is 0 Å². The second-order valence-electron chi connectivity index (χ2n) is 5.62. The summed E-state index contributed by atoms with van der Waals surface area (Å²) >= 11 is 0. The van der Waals surface area contributed by atoms with Gasteiger partial charge in [-0.1, -0.05) is 0 Å². The molecular weight excluding hydrogens is 212 g/mol. The fourth-order valence-corrected chi connectivity index (χ4v) is 3.05. The maximum atomic E-state index is 7.50. The fraction of sp³-hybridized carbons (Fsp3) is 0.923. The Kier molecular flexibility index (Phi) is 4.40. The van der Waals surface area contributed by atoms with E-state index in [-0.39, 0.29) is 6.04 Å². The summed E-state index contributed by atoms with van der Waals surface area (Å²) in [5.41, 5.74) is 5.57. The number of rotatable bonds is 4. The van der Waals surface area contributed by atoms with Crippen molar-refractivity contribution in [1.82, 2.24) is 9.80 Å². The van der Waals surface area contributed by atoms with Crippen LogP contribution in [0.5, 0.6) is 0 Å². The number of nitrogens with zero attached hydrogens (tertiary/aromatic N) is 2. The van der Waals surface area contributed by atoms with Crippen molar-refractivity contribution in [3.8, 4) is 0 Å². The van der Waals surface area contributed by atoms with Crippen LogP contribution in [0.15, 0.2) is 0 Å². The van der Waals surface area contributed by atoms with E-state index in [1.165, 1.54) is 45.3 Å². The first kappa shape index (κ1) is 12.8. The van der Waals surface area contributed by atoms with E-state index in [0.29, 0.717) is 5.84 Å². The minimum Gasteiger partial charge on any atom is -0.386 e. The van der Waals surface area contributed by atoms with Gasteiger partial charge in [0.05, 0.1) is 6.04 Å². The molecule has 4 heteroatoms. The molecule has 0 aromatic heterocycles. The minimum absolute atomic E-state index is 0.128. The average Bonchev–Trinajstić information content (AvgIpc) is 2.82. The molecule has 2 saturated heterocycles. The Balaban J connectivity index is 1.72. The van der Waals surface area contributed by atoms with Crippen molar-refractivity contribution < 1.29 is 0 Å². The highest BCUT2D eigenvalue weighted by molar-refractivity contribution is 5.82. The summed E-state index contributed by atoms with van der Waals surface area (Å²) in [7, 11) is 0. The molecule has 17 heavy (non-hydrogen) atoms. The van der Waals surface area contributed by atoms with Crippen LogP contribution in [0.3, 0.4) is 0 Å². The molecule has 2 heterocycles. The first-order valence-electron chi connectivity index (χ1n) is 6.97. The monoisotopic (exact) mass is 238 g/mol. The van der Waals surface area contributed by atoms with E-state index in [0.717, 1.165) is 19.0 Å². The van der Waals surface area contributed by atoms with Gasteiger partial charge in [-0.25, -0.2) is 0 Å².